The standard InChI is InChI=1S/C22H21N5O3/c23-11-16-9-18(19(12-24-16)30-13-22(29)5-1-6-22)15-4-7-27-17(8-15)10-20(26-27)25-21(28)14-2-3-14/h4,7-10,12,14,29H,1-3,5-6,13H2,(H,25,26,28). The summed E-state index contributed by atoms with van der Waals surface area (Å²) in [5.41, 5.74) is 1.85. The molecule has 2 fully saturated rings. The summed E-state index contributed by atoms with van der Waals surface area (Å²) in [5.74, 6) is 1.15. The fourth-order valence-electron chi connectivity index (χ4n) is 3.58. The van der Waals surface area contributed by atoms with Crippen LogP contribution in [0.4, 0.5) is 5.82 Å². The van der Waals surface area contributed by atoms with Crippen molar-refractivity contribution in [3.05, 3.63) is 42.4 Å². The lowest BCUT2D eigenvalue weighted by Crippen LogP contribution is -2.42. The van der Waals surface area contributed by atoms with Gasteiger partial charge < -0.3 is 15.2 Å². The summed E-state index contributed by atoms with van der Waals surface area (Å²) in [6.07, 6.45) is 7.64. The largest absolute Gasteiger partial charge is 0.488 e. The maximum absolute atomic E-state index is 12.0. The first kappa shape index (κ1) is 18.6. The number of pyridine rings is 2. The summed E-state index contributed by atoms with van der Waals surface area (Å²) < 4.78 is 7.59. The predicted octanol–water partition coefficient (Wildman–Crippen LogP) is 2.91. The molecule has 3 aromatic heterocycles. The van der Waals surface area contributed by atoms with E-state index in [0.29, 0.717) is 11.6 Å². The van der Waals surface area contributed by atoms with Gasteiger partial charge >= 0.3 is 0 Å². The van der Waals surface area contributed by atoms with Gasteiger partial charge in [-0.25, -0.2) is 9.50 Å². The van der Waals surface area contributed by atoms with Gasteiger partial charge in [0.15, 0.2) is 5.82 Å². The van der Waals surface area contributed by atoms with Crippen molar-refractivity contribution in [2.75, 3.05) is 11.9 Å². The Bertz CT molecular complexity index is 1170. The molecular formula is C22H21N5O3. The molecule has 0 spiro atoms. The fourth-order valence-corrected chi connectivity index (χ4v) is 3.58. The van der Waals surface area contributed by atoms with Crippen LogP contribution in [-0.2, 0) is 4.79 Å². The first-order chi connectivity index (χ1) is 14.5. The molecule has 0 aromatic carbocycles. The SMILES string of the molecule is N#Cc1cc(-c2ccn3nc(NC(=O)C4CC4)cc3c2)c(OCC2(O)CCC2)cn1. The molecule has 30 heavy (non-hydrogen) atoms. The van der Waals surface area contributed by atoms with E-state index in [2.05, 4.69) is 21.5 Å². The van der Waals surface area contributed by atoms with E-state index < -0.39 is 5.60 Å². The Labute approximate surface area is 173 Å². The van der Waals surface area contributed by atoms with Crippen LogP contribution >= 0.6 is 0 Å². The van der Waals surface area contributed by atoms with E-state index in [1.807, 2.05) is 18.2 Å². The molecule has 0 aliphatic heterocycles. The molecule has 3 aromatic rings. The van der Waals surface area contributed by atoms with Crippen molar-refractivity contribution >= 4 is 17.2 Å². The molecule has 1 amide bonds. The number of carbonyl (C=O) groups excluding carboxylic acids is 1. The average Bonchev–Trinajstić information content (AvgIpc) is 3.51. The highest BCUT2D eigenvalue weighted by atomic mass is 16.5. The van der Waals surface area contributed by atoms with E-state index in [1.54, 1.807) is 16.8 Å². The summed E-state index contributed by atoms with van der Waals surface area (Å²) >= 11 is 0. The van der Waals surface area contributed by atoms with Gasteiger partial charge in [-0.1, -0.05) is 0 Å². The minimum absolute atomic E-state index is 0.0102. The van der Waals surface area contributed by atoms with Crippen LogP contribution in [0.1, 0.15) is 37.8 Å². The molecule has 2 aliphatic rings. The monoisotopic (exact) mass is 403 g/mol. The number of hydrogen-bond acceptors (Lipinski definition) is 6. The van der Waals surface area contributed by atoms with Gasteiger partial charge in [0.25, 0.3) is 0 Å². The summed E-state index contributed by atoms with van der Waals surface area (Å²) in [4.78, 5) is 16.1. The van der Waals surface area contributed by atoms with Crippen molar-refractivity contribution in [3.63, 3.8) is 0 Å². The van der Waals surface area contributed by atoms with Crippen LogP contribution in [0.2, 0.25) is 0 Å². The van der Waals surface area contributed by atoms with Crippen LogP contribution in [0.15, 0.2) is 36.7 Å². The van der Waals surface area contributed by atoms with E-state index in [1.165, 1.54) is 6.20 Å². The Kier molecular flexibility index (Phi) is 4.40. The lowest BCUT2D eigenvalue weighted by molar-refractivity contribution is -0.117. The quantitative estimate of drug-likeness (QED) is 0.654. The third-order valence-corrected chi connectivity index (χ3v) is 5.74. The zero-order chi connectivity index (χ0) is 20.7. The second kappa shape index (κ2) is 7.11. The lowest BCUT2D eigenvalue weighted by atomic mass is 9.81. The average molecular weight is 403 g/mol. The van der Waals surface area contributed by atoms with E-state index in [0.717, 1.165) is 48.7 Å². The number of nitrogens with zero attached hydrogens (tertiary/aromatic N) is 4. The van der Waals surface area contributed by atoms with Gasteiger partial charge in [0.2, 0.25) is 5.91 Å². The van der Waals surface area contributed by atoms with E-state index >= 15 is 0 Å². The molecule has 0 saturated heterocycles. The first-order valence-electron chi connectivity index (χ1n) is 10.1. The van der Waals surface area contributed by atoms with Gasteiger partial charge in [0.05, 0.1) is 17.3 Å². The van der Waals surface area contributed by atoms with Crippen LogP contribution in [-0.4, -0.2) is 37.8 Å². The predicted molar refractivity (Wildman–Crippen MR) is 109 cm³/mol. The highest BCUT2D eigenvalue weighted by molar-refractivity contribution is 5.93. The lowest BCUT2D eigenvalue weighted by Gasteiger charge is -2.36. The molecular weight excluding hydrogens is 382 g/mol. The number of carbonyl (C=O) groups is 1. The Balaban J connectivity index is 1.45. The maximum atomic E-state index is 12.0. The Morgan fingerprint density at radius 1 is 1.37 bits per heavy atom. The van der Waals surface area contributed by atoms with Crippen LogP contribution < -0.4 is 10.1 Å². The molecule has 2 N–H and O–H groups in total. The van der Waals surface area contributed by atoms with Gasteiger partial charge in [-0.3, -0.25) is 4.79 Å². The maximum Gasteiger partial charge on any atom is 0.228 e. The molecule has 2 aliphatic carbocycles. The topological polar surface area (TPSA) is 113 Å². The highest BCUT2D eigenvalue weighted by Crippen LogP contribution is 2.35. The fraction of sp³-hybridized carbons (Fsp3) is 0.364. The normalized spacial score (nSPS) is 17.2. The van der Waals surface area contributed by atoms with Crippen molar-refractivity contribution in [2.24, 2.45) is 5.92 Å². The van der Waals surface area contributed by atoms with E-state index in [-0.39, 0.29) is 24.1 Å². The number of aliphatic hydroxyl groups is 1. The number of amides is 1. The minimum atomic E-state index is -0.782. The molecule has 5 rings (SSSR count). The Hall–Kier alpha value is -3.44. The van der Waals surface area contributed by atoms with Crippen molar-refractivity contribution in [3.8, 4) is 22.9 Å². The van der Waals surface area contributed by atoms with Crippen molar-refractivity contribution in [2.45, 2.75) is 37.7 Å². The van der Waals surface area contributed by atoms with Crippen LogP contribution in [0.3, 0.4) is 0 Å². The third kappa shape index (κ3) is 3.60. The first-order valence-corrected chi connectivity index (χ1v) is 10.1. The number of nitriles is 1. The third-order valence-electron chi connectivity index (χ3n) is 5.74. The number of nitrogens with one attached hydrogen (secondary N) is 1. The number of aromatic nitrogens is 3. The number of hydrogen-bond donors (Lipinski definition) is 2. The summed E-state index contributed by atoms with van der Waals surface area (Å²) in [7, 11) is 0. The van der Waals surface area contributed by atoms with Crippen LogP contribution in [0, 0.1) is 17.2 Å². The number of anilines is 1. The Morgan fingerprint density at radius 2 is 2.20 bits per heavy atom. The van der Waals surface area contributed by atoms with Crippen molar-refractivity contribution in [1.29, 1.82) is 5.26 Å². The smallest absolute Gasteiger partial charge is 0.228 e. The molecule has 0 atom stereocenters. The molecule has 0 bridgehead atoms. The number of ether oxygens (including phenoxy) is 1. The van der Waals surface area contributed by atoms with Gasteiger partial charge in [-0.2, -0.15) is 10.4 Å². The summed E-state index contributed by atoms with van der Waals surface area (Å²) in [5, 5.41) is 26.9. The molecule has 0 radical (unpaired) electrons. The van der Waals surface area contributed by atoms with Gasteiger partial charge in [-0.15, -0.1) is 0 Å². The van der Waals surface area contributed by atoms with E-state index in [4.69, 9.17) is 4.74 Å². The molecule has 8 nitrogen and oxygen atoms in total. The van der Waals surface area contributed by atoms with Gasteiger partial charge in [0.1, 0.15) is 24.1 Å². The van der Waals surface area contributed by atoms with Crippen LogP contribution in [0.25, 0.3) is 16.6 Å². The minimum Gasteiger partial charge on any atom is -0.488 e. The molecule has 3 heterocycles. The van der Waals surface area contributed by atoms with Crippen LogP contribution in [0.5, 0.6) is 5.75 Å². The second-order valence-electron chi connectivity index (χ2n) is 8.12. The highest BCUT2D eigenvalue weighted by Gasteiger charge is 2.35. The number of rotatable bonds is 6. The summed E-state index contributed by atoms with van der Waals surface area (Å²) in [6.45, 7) is 0.194. The van der Waals surface area contributed by atoms with Crippen molar-refractivity contribution < 1.29 is 14.6 Å². The Morgan fingerprint density at radius 3 is 2.90 bits per heavy atom. The van der Waals surface area contributed by atoms with Gasteiger partial charge in [-0.05, 0) is 55.9 Å². The molecule has 2 saturated carbocycles. The zero-order valence-corrected chi connectivity index (χ0v) is 16.3. The van der Waals surface area contributed by atoms with E-state index in [9.17, 15) is 15.2 Å². The number of fused-ring (bicyclic) bond motifs is 1. The molecule has 152 valence electrons. The zero-order valence-electron chi connectivity index (χ0n) is 16.3. The molecule has 8 heteroatoms. The molecule has 0 unspecified atom stereocenters. The second-order valence-corrected chi connectivity index (χ2v) is 8.12. The van der Waals surface area contributed by atoms with Crippen molar-refractivity contribution in [1.82, 2.24) is 14.6 Å². The van der Waals surface area contributed by atoms with Gasteiger partial charge in [0, 0.05) is 23.7 Å². The summed E-state index contributed by atoms with van der Waals surface area (Å²) in [6, 6.07) is 9.34.